The monoisotopic (exact) mass is 353 g/mol. The molecule has 0 unspecified atom stereocenters. The average Bonchev–Trinajstić information content (AvgIpc) is 3.34. The molecule has 25 heavy (non-hydrogen) atoms. The van der Waals surface area contributed by atoms with Crippen molar-refractivity contribution in [3.05, 3.63) is 58.1 Å². The van der Waals surface area contributed by atoms with Crippen LogP contribution in [-0.4, -0.2) is 34.0 Å². The fraction of sp³-hybridized carbons (Fsp3) is 0.316. The van der Waals surface area contributed by atoms with Crippen LogP contribution in [0.4, 0.5) is 0 Å². The lowest BCUT2D eigenvalue weighted by molar-refractivity contribution is 0.0700. The Kier molecular flexibility index (Phi) is 4.36. The van der Waals surface area contributed by atoms with Gasteiger partial charge in [0.1, 0.15) is 0 Å². The van der Waals surface area contributed by atoms with Gasteiger partial charge in [-0.2, -0.15) is 4.98 Å². The van der Waals surface area contributed by atoms with Crippen LogP contribution in [0.15, 0.2) is 46.3 Å². The number of aryl methyl sites for hydroxylation is 1. The first kappa shape index (κ1) is 16.0. The summed E-state index contributed by atoms with van der Waals surface area (Å²) in [5.74, 6) is 1.44. The second kappa shape index (κ2) is 6.80. The van der Waals surface area contributed by atoms with Crippen molar-refractivity contribution in [3.63, 3.8) is 0 Å². The zero-order chi connectivity index (χ0) is 17.2. The molecule has 1 aromatic carbocycles. The summed E-state index contributed by atoms with van der Waals surface area (Å²) < 4.78 is 5.54. The first-order chi connectivity index (χ1) is 12.2. The summed E-state index contributed by atoms with van der Waals surface area (Å²) in [5.41, 5.74) is 2.10. The SMILES string of the molecule is Cc1ccccc1-c1noc([C@H]2CCCN(C(=O)c3cccs3)C2)n1. The lowest BCUT2D eigenvalue weighted by Gasteiger charge is -2.30. The number of aromatic nitrogens is 2. The van der Waals surface area contributed by atoms with Gasteiger partial charge in [0, 0.05) is 18.7 Å². The molecule has 1 fully saturated rings. The van der Waals surface area contributed by atoms with Crippen LogP contribution in [0.5, 0.6) is 0 Å². The number of carbonyl (C=O) groups is 1. The highest BCUT2D eigenvalue weighted by molar-refractivity contribution is 7.12. The van der Waals surface area contributed by atoms with Crippen LogP contribution < -0.4 is 0 Å². The minimum atomic E-state index is 0.0957. The number of amides is 1. The zero-order valence-corrected chi connectivity index (χ0v) is 14.8. The molecule has 5 nitrogen and oxygen atoms in total. The van der Waals surface area contributed by atoms with Gasteiger partial charge in [0.25, 0.3) is 5.91 Å². The Morgan fingerprint density at radius 1 is 1.28 bits per heavy atom. The number of benzene rings is 1. The highest BCUT2D eigenvalue weighted by Gasteiger charge is 2.29. The highest BCUT2D eigenvalue weighted by Crippen LogP contribution is 2.29. The first-order valence-electron chi connectivity index (χ1n) is 8.45. The van der Waals surface area contributed by atoms with E-state index >= 15 is 0 Å². The van der Waals surface area contributed by atoms with E-state index in [9.17, 15) is 4.79 Å². The maximum Gasteiger partial charge on any atom is 0.263 e. The van der Waals surface area contributed by atoms with E-state index in [2.05, 4.69) is 10.1 Å². The van der Waals surface area contributed by atoms with Gasteiger partial charge in [-0.15, -0.1) is 11.3 Å². The summed E-state index contributed by atoms with van der Waals surface area (Å²) in [6, 6.07) is 11.8. The summed E-state index contributed by atoms with van der Waals surface area (Å²) in [7, 11) is 0. The van der Waals surface area contributed by atoms with Crippen molar-refractivity contribution in [2.24, 2.45) is 0 Å². The molecule has 1 atom stereocenters. The second-order valence-corrected chi connectivity index (χ2v) is 7.29. The van der Waals surface area contributed by atoms with Gasteiger partial charge in [-0.1, -0.05) is 35.5 Å². The minimum Gasteiger partial charge on any atom is -0.339 e. The van der Waals surface area contributed by atoms with Crippen LogP contribution in [0.1, 0.15) is 39.9 Å². The van der Waals surface area contributed by atoms with E-state index in [4.69, 9.17) is 4.52 Å². The highest BCUT2D eigenvalue weighted by atomic mass is 32.1. The van der Waals surface area contributed by atoms with Crippen molar-refractivity contribution in [1.82, 2.24) is 15.0 Å². The molecule has 0 N–H and O–H groups in total. The van der Waals surface area contributed by atoms with E-state index in [-0.39, 0.29) is 11.8 Å². The molecule has 0 radical (unpaired) electrons. The predicted molar refractivity (Wildman–Crippen MR) is 96.7 cm³/mol. The molecule has 0 saturated carbocycles. The molecule has 0 aliphatic carbocycles. The van der Waals surface area contributed by atoms with Crippen LogP contribution in [0.25, 0.3) is 11.4 Å². The van der Waals surface area contributed by atoms with Crippen molar-refractivity contribution in [3.8, 4) is 11.4 Å². The fourth-order valence-corrected chi connectivity index (χ4v) is 3.94. The summed E-state index contributed by atoms with van der Waals surface area (Å²) in [6.45, 7) is 3.45. The number of carbonyl (C=O) groups excluding carboxylic acids is 1. The van der Waals surface area contributed by atoms with Gasteiger partial charge in [0.2, 0.25) is 11.7 Å². The summed E-state index contributed by atoms with van der Waals surface area (Å²) in [4.78, 5) is 19.9. The number of nitrogens with zero attached hydrogens (tertiary/aromatic N) is 3. The molecule has 3 aromatic rings. The second-order valence-electron chi connectivity index (χ2n) is 6.34. The van der Waals surface area contributed by atoms with Crippen LogP contribution in [0.3, 0.4) is 0 Å². The zero-order valence-electron chi connectivity index (χ0n) is 14.0. The first-order valence-corrected chi connectivity index (χ1v) is 9.33. The average molecular weight is 353 g/mol. The molecule has 1 amide bonds. The van der Waals surface area contributed by atoms with Crippen LogP contribution in [-0.2, 0) is 0 Å². The molecular formula is C19H19N3O2S. The summed E-state index contributed by atoms with van der Waals surface area (Å²) in [5, 5.41) is 6.09. The van der Waals surface area contributed by atoms with E-state index in [1.54, 1.807) is 0 Å². The number of hydrogen-bond donors (Lipinski definition) is 0. The van der Waals surface area contributed by atoms with E-state index in [0.717, 1.165) is 35.4 Å². The third-order valence-corrected chi connectivity index (χ3v) is 5.48. The quantitative estimate of drug-likeness (QED) is 0.710. The van der Waals surface area contributed by atoms with E-state index in [1.165, 1.54) is 11.3 Å². The molecule has 128 valence electrons. The molecule has 1 aliphatic heterocycles. The van der Waals surface area contributed by atoms with E-state index in [1.807, 2.05) is 53.6 Å². The number of likely N-dealkylation sites (tertiary alicyclic amines) is 1. The van der Waals surface area contributed by atoms with Crippen molar-refractivity contribution in [1.29, 1.82) is 0 Å². The Balaban J connectivity index is 1.52. The normalized spacial score (nSPS) is 17.6. The van der Waals surface area contributed by atoms with Crippen molar-refractivity contribution in [2.45, 2.75) is 25.7 Å². The lowest BCUT2D eigenvalue weighted by atomic mass is 9.97. The summed E-state index contributed by atoms with van der Waals surface area (Å²) in [6.07, 6.45) is 1.91. The Morgan fingerprint density at radius 2 is 2.16 bits per heavy atom. The third kappa shape index (κ3) is 3.22. The topological polar surface area (TPSA) is 59.2 Å². The Morgan fingerprint density at radius 3 is 2.96 bits per heavy atom. The van der Waals surface area contributed by atoms with Gasteiger partial charge >= 0.3 is 0 Å². The number of piperidine rings is 1. The minimum absolute atomic E-state index is 0.0957. The predicted octanol–water partition coefficient (Wildman–Crippen LogP) is 4.13. The molecular weight excluding hydrogens is 334 g/mol. The fourth-order valence-electron chi connectivity index (χ4n) is 3.25. The standard InChI is InChI=1S/C19H19N3O2S/c1-13-6-2-3-8-15(13)17-20-18(24-21-17)14-7-4-10-22(12-14)19(23)16-9-5-11-25-16/h2-3,5-6,8-9,11,14H,4,7,10,12H2,1H3/t14-/m0/s1. The molecule has 0 spiro atoms. The van der Waals surface area contributed by atoms with Crippen LogP contribution in [0, 0.1) is 6.92 Å². The van der Waals surface area contributed by atoms with E-state index < -0.39 is 0 Å². The molecule has 2 aromatic heterocycles. The Bertz CT molecular complexity index is 872. The summed E-state index contributed by atoms with van der Waals surface area (Å²) >= 11 is 1.48. The molecule has 1 aliphatic rings. The smallest absolute Gasteiger partial charge is 0.263 e. The van der Waals surface area contributed by atoms with Crippen LogP contribution >= 0.6 is 11.3 Å². The molecule has 1 saturated heterocycles. The third-order valence-electron chi connectivity index (χ3n) is 4.62. The number of hydrogen-bond acceptors (Lipinski definition) is 5. The van der Waals surface area contributed by atoms with Crippen molar-refractivity contribution in [2.75, 3.05) is 13.1 Å². The van der Waals surface area contributed by atoms with Gasteiger partial charge in [-0.25, -0.2) is 0 Å². The molecule has 3 heterocycles. The van der Waals surface area contributed by atoms with E-state index in [0.29, 0.717) is 18.3 Å². The maximum atomic E-state index is 12.6. The van der Waals surface area contributed by atoms with Gasteiger partial charge in [-0.3, -0.25) is 4.79 Å². The molecule has 4 rings (SSSR count). The van der Waals surface area contributed by atoms with Gasteiger partial charge < -0.3 is 9.42 Å². The lowest BCUT2D eigenvalue weighted by Crippen LogP contribution is -2.38. The Hall–Kier alpha value is -2.47. The van der Waals surface area contributed by atoms with Crippen LogP contribution in [0.2, 0.25) is 0 Å². The Labute approximate surface area is 150 Å². The van der Waals surface area contributed by atoms with Gasteiger partial charge in [0.05, 0.1) is 10.8 Å². The van der Waals surface area contributed by atoms with Gasteiger partial charge in [0.15, 0.2) is 0 Å². The molecule has 6 heteroatoms. The van der Waals surface area contributed by atoms with Crippen molar-refractivity contribution >= 4 is 17.2 Å². The maximum absolute atomic E-state index is 12.6. The largest absolute Gasteiger partial charge is 0.339 e. The van der Waals surface area contributed by atoms with Crippen molar-refractivity contribution < 1.29 is 9.32 Å². The molecule has 0 bridgehead atoms. The number of thiophene rings is 1. The number of rotatable bonds is 3. The van der Waals surface area contributed by atoms with Gasteiger partial charge in [-0.05, 0) is 36.8 Å².